The van der Waals surface area contributed by atoms with Crippen LogP contribution in [0.4, 0.5) is 4.79 Å². The summed E-state index contributed by atoms with van der Waals surface area (Å²) in [5, 5.41) is 17.8. The molecule has 0 saturated heterocycles. The van der Waals surface area contributed by atoms with Crippen LogP contribution in [0.2, 0.25) is 0 Å². The van der Waals surface area contributed by atoms with Crippen LogP contribution in [0.15, 0.2) is 46.8 Å². The molecule has 0 saturated carbocycles. The van der Waals surface area contributed by atoms with Crippen LogP contribution >= 0.6 is 11.8 Å². The molecule has 2 N–H and O–H groups in total. The van der Waals surface area contributed by atoms with Crippen LogP contribution in [-0.2, 0) is 9.53 Å². The molecule has 1 aliphatic heterocycles. The SMILES string of the molecule is CCOC(=O)C1=C(CSc2nnnn2-c2ccccc2)NC(=O)NC1CC. The van der Waals surface area contributed by atoms with Crippen molar-refractivity contribution in [3.05, 3.63) is 41.6 Å². The lowest BCUT2D eigenvalue weighted by molar-refractivity contribution is -0.139. The van der Waals surface area contributed by atoms with E-state index in [1.807, 2.05) is 37.3 Å². The molecule has 2 amide bonds. The minimum Gasteiger partial charge on any atom is -0.463 e. The van der Waals surface area contributed by atoms with Crippen molar-refractivity contribution in [2.24, 2.45) is 0 Å². The van der Waals surface area contributed by atoms with Crippen molar-refractivity contribution in [2.45, 2.75) is 31.5 Å². The van der Waals surface area contributed by atoms with Gasteiger partial charge in [0.05, 0.1) is 23.9 Å². The Morgan fingerprint density at radius 1 is 1.30 bits per heavy atom. The van der Waals surface area contributed by atoms with Gasteiger partial charge in [0, 0.05) is 11.4 Å². The number of tetrazole rings is 1. The highest BCUT2D eigenvalue weighted by Crippen LogP contribution is 2.24. The molecule has 1 aliphatic rings. The van der Waals surface area contributed by atoms with Gasteiger partial charge in [0.15, 0.2) is 0 Å². The number of amides is 2. The van der Waals surface area contributed by atoms with Gasteiger partial charge in [-0.2, -0.15) is 4.68 Å². The summed E-state index contributed by atoms with van der Waals surface area (Å²) in [6.07, 6.45) is 0.581. The molecule has 9 nitrogen and oxygen atoms in total. The number of carbonyl (C=O) groups is 2. The predicted molar refractivity (Wildman–Crippen MR) is 99.3 cm³/mol. The molecule has 0 radical (unpaired) electrons. The molecule has 1 unspecified atom stereocenters. The number of hydrogen-bond donors (Lipinski definition) is 2. The lowest BCUT2D eigenvalue weighted by Crippen LogP contribution is -2.50. The lowest BCUT2D eigenvalue weighted by Gasteiger charge is -2.28. The minimum atomic E-state index is -0.435. The maximum atomic E-state index is 12.4. The highest BCUT2D eigenvalue weighted by molar-refractivity contribution is 7.99. The van der Waals surface area contributed by atoms with E-state index in [9.17, 15) is 9.59 Å². The molecule has 10 heteroatoms. The van der Waals surface area contributed by atoms with Crippen LogP contribution in [0.25, 0.3) is 5.69 Å². The number of benzene rings is 1. The number of thioether (sulfide) groups is 1. The first-order chi connectivity index (χ1) is 13.1. The van der Waals surface area contributed by atoms with Crippen molar-refractivity contribution in [1.29, 1.82) is 0 Å². The largest absolute Gasteiger partial charge is 0.463 e. The number of esters is 1. The van der Waals surface area contributed by atoms with E-state index in [0.29, 0.717) is 28.6 Å². The molecule has 1 aromatic carbocycles. The van der Waals surface area contributed by atoms with Crippen LogP contribution in [0, 0.1) is 0 Å². The van der Waals surface area contributed by atoms with Gasteiger partial charge < -0.3 is 15.4 Å². The first-order valence-electron chi connectivity index (χ1n) is 8.58. The highest BCUT2D eigenvalue weighted by Gasteiger charge is 2.31. The molecule has 0 spiro atoms. The average molecular weight is 388 g/mol. The number of nitrogens with one attached hydrogen (secondary N) is 2. The van der Waals surface area contributed by atoms with Crippen LogP contribution in [0.3, 0.4) is 0 Å². The number of urea groups is 1. The third-order valence-electron chi connectivity index (χ3n) is 3.93. The fourth-order valence-corrected chi connectivity index (χ4v) is 3.57. The van der Waals surface area contributed by atoms with Crippen LogP contribution in [-0.4, -0.2) is 50.6 Å². The standard InChI is InChI=1S/C17H20N6O3S/c1-3-12-14(15(24)26-4-2)13(19-16(25)18-12)10-27-17-20-21-22-23(17)11-8-6-5-7-9-11/h5-9,12H,3-4,10H2,1-2H3,(H2,18,19,25). The molecule has 3 rings (SSSR count). The Morgan fingerprint density at radius 3 is 2.78 bits per heavy atom. The molecule has 2 aromatic rings. The first-order valence-corrected chi connectivity index (χ1v) is 9.56. The summed E-state index contributed by atoms with van der Waals surface area (Å²) >= 11 is 1.33. The fraction of sp³-hybridized carbons (Fsp3) is 0.353. The molecule has 0 bridgehead atoms. The summed E-state index contributed by atoms with van der Waals surface area (Å²) in [5.74, 6) is -0.110. The third kappa shape index (κ3) is 4.27. The summed E-state index contributed by atoms with van der Waals surface area (Å²) in [6.45, 7) is 3.91. The molecular weight excluding hydrogens is 368 g/mol. The van der Waals surface area contributed by atoms with E-state index in [-0.39, 0.29) is 12.6 Å². The summed E-state index contributed by atoms with van der Waals surface area (Å²) in [6, 6.07) is 8.75. The van der Waals surface area contributed by atoms with Gasteiger partial charge in [-0.05, 0) is 35.9 Å². The Balaban J connectivity index is 1.85. The van der Waals surface area contributed by atoms with Gasteiger partial charge in [-0.15, -0.1) is 5.10 Å². The number of nitrogens with zero attached hydrogens (tertiary/aromatic N) is 4. The van der Waals surface area contributed by atoms with Gasteiger partial charge in [-0.1, -0.05) is 36.9 Å². The number of carbonyl (C=O) groups excluding carboxylic acids is 2. The molecule has 1 aromatic heterocycles. The zero-order valence-electron chi connectivity index (χ0n) is 15.0. The molecule has 2 heterocycles. The number of rotatable bonds is 7. The Morgan fingerprint density at radius 2 is 2.07 bits per heavy atom. The van der Waals surface area contributed by atoms with Crippen molar-refractivity contribution < 1.29 is 14.3 Å². The van der Waals surface area contributed by atoms with Gasteiger partial charge >= 0.3 is 12.0 Å². The van der Waals surface area contributed by atoms with Gasteiger partial charge in [0.2, 0.25) is 5.16 Å². The summed E-state index contributed by atoms with van der Waals surface area (Å²) in [5.41, 5.74) is 1.77. The number of ether oxygens (including phenoxy) is 1. The van der Waals surface area contributed by atoms with Gasteiger partial charge in [-0.3, -0.25) is 0 Å². The average Bonchev–Trinajstić information content (AvgIpc) is 3.15. The number of aromatic nitrogens is 4. The van der Waals surface area contributed by atoms with Crippen LogP contribution < -0.4 is 10.6 Å². The number of para-hydroxylation sites is 1. The Labute approximate surface area is 160 Å². The first kappa shape index (κ1) is 18.9. The summed E-state index contributed by atoms with van der Waals surface area (Å²) in [4.78, 5) is 24.4. The van der Waals surface area contributed by atoms with Crippen molar-refractivity contribution >= 4 is 23.8 Å². The lowest BCUT2D eigenvalue weighted by atomic mass is 10.0. The molecule has 142 valence electrons. The smallest absolute Gasteiger partial charge is 0.337 e. The monoisotopic (exact) mass is 388 g/mol. The quantitative estimate of drug-likeness (QED) is 0.548. The second-order valence-electron chi connectivity index (χ2n) is 5.67. The zero-order valence-corrected chi connectivity index (χ0v) is 15.8. The molecule has 0 aliphatic carbocycles. The fourth-order valence-electron chi connectivity index (χ4n) is 2.71. The maximum absolute atomic E-state index is 12.4. The van der Waals surface area contributed by atoms with Gasteiger partial charge in [-0.25, -0.2) is 9.59 Å². The third-order valence-corrected chi connectivity index (χ3v) is 4.88. The summed E-state index contributed by atoms with van der Waals surface area (Å²) in [7, 11) is 0. The Hall–Kier alpha value is -2.88. The number of hydrogen-bond acceptors (Lipinski definition) is 7. The Kier molecular flexibility index (Phi) is 6.07. The normalized spacial score (nSPS) is 16.7. The molecular formula is C17H20N6O3S. The predicted octanol–water partition coefficient (Wildman–Crippen LogP) is 1.66. The van der Waals surface area contributed by atoms with Gasteiger partial charge in [0.1, 0.15) is 0 Å². The maximum Gasteiger partial charge on any atom is 0.337 e. The van der Waals surface area contributed by atoms with E-state index in [0.717, 1.165) is 5.69 Å². The topological polar surface area (TPSA) is 111 Å². The van der Waals surface area contributed by atoms with Crippen molar-refractivity contribution in [2.75, 3.05) is 12.4 Å². The Bertz CT molecular complexity index is 851. The molecule has 27 heavy (non-hydrogen) atoms. The van der Waals surface area contributed by atoms with E-state index in [4.69, 9.17) is 4.74 Å². The van der Waals surface area contributed by atoms with Crippen LogP contribution in [0.1, 0.15) is 20.3 Å². The zero-order chi connectivity index (χ0) is 19.2. The van der Waals surface area contributed by atoms with Crippen molar-refractivity contribution in [1.82, 2.24) is 30.8 Å². The van der Waals surface area contributed by atoms with E-state index in [2.05, 4.69) is 26.2 Å². The molecule has 1 atom stereocenters. The van der Waals surface area contributed by atoms with Gasteiger partial charge in [0.25, 0.3) is 0 Å². The van der Waals surface area contributed by atoms with Crippen molar-refractivity contribution in [3.63, 3.8) is 0 Å². The van der Waals surface area contributed by atoms with Crippen LogP contribution in [0.5, 0.6) is 0 Å². The van der Waals surface area contributed by atoms with E-state index in [1.165, 1.54) is 11.8 Å². The highest BCUT2D eigenvalue weighted by atomic mass is 32.2. The van der Waals surface area contributed by atoms with E-state index < -0.39 is 12.0 Å². The second kappa shape index (κ2) is 8.67. The minimum absolute atomic E-state index is 0.263. The van der Waals surface area contributed by atoms with Crippen molar-refractivity contribution in [3.8, 4) is 5.69 Å². The summed E-state index contributed by atoms with van der Waals surface area (Å²) < 4.78 is 6.77. The second-order valence-corrected chi connectivity index (χ2v) is 6.61. The van der Waals surface area contributed by atoms with E-state index in [1.54, 1.807) is 11.6 Å². The molecule has 0 fully saturated rings. The van der Waals surface area contributed by atoms with E-state index >= 15 is 0 Å².